The van der Waals surface area contributed by atoms with Crippen molar-refractivity contribution >= 4 is 23.6 Å². The lowest BCUT2D eigenvalue weighted by molar-refractivity contribution is -0.142. The van der Waals surface area contributed by atoms with Gasteiger partial charge in [0, 0.05) is 37.5 Å². The van der Waals surface area contributed by atoms with E-state index in [1.165, 1.54) is 0 Å². The second-order valence-electron chi connectivity index (χ2n) is 4.68. The summed E-state index contributed by atoms with van der Waals surface area (Å²) in [5, 5.41) is 3.52. The monoisotopic (exact) mass is 282 g/mol. The molecule has 0 aromatic carbocycles. The number of amides is 1. The third-order valence-electron chi connectivity index (χ3n) is 2.93. The first-order valence-electron chi connectivity index (χ1n) is 6.29. The van der Waals surface area contributed by atoms with Crippen LogP contribution in [0.25, 0.3) is 0 Å². The molecule has 0 saturated carbocycles. The highest BCUT2D eigenvalue weighted by molar-refractivity contribution is 8.03. The maximum absolute atomic E-state index is 12.0. The normalized spacial score (nSPS) is 20.2. The van der Waals surface area contributed by atoms with Crippen molar-refractivity contribution in [2.24, 2.45) is 0 Å². The van der Waals surface area contributed by atoms with E-state index < -0.39 is 0 Å². The van der Waals surface area contributed by atoms with Gasteiger partial charge in [0.15, 0.2) is 0 Å². The Morgan fingerprint density at radius 3 is 2.84 bits per heavy atom. The zero-order chi connectivity index (χ0) is 14.0. The number of ether oxygens (including phenoxy) is 1. The van der Waals surface area contributed by atoms with Gasteiger partial charge in [-0.05, 0) is 13.8 Å². The average Bonchev–Trinajstić information content (AvgIpc) is 2.90. The lowest BCUT2D eigenvalue weighted by Crippen LogP contribution is -2.19. The molecule has 0 spiro atoms. The molecular weight excluding hydrogens is 264 g/mol. The van der Waals surface area contributed by atoms with Crippen LogP contribution < -0.4 is 5.32 Å². The van der Waals surface area contributed by atoms with Crippen LogP contribution in [0.2, 0.25) is 0 Å². The summed E-state index contributed by atoms with van der Waals surface area (Å²) in [5.41, 5.74) is 1.69. The van der Waals surface area contributed by atoms with Crippen LogP contribution in [-0.2, 0) is 14.3 Å². The highest BCUT2D eigenvalue weighted by Gasteiger charge is 2.35. The zero-order valence-corrected chi connectivity index (χ0v) is 12.2. The van der Waals surface area contributed by atoms with Gasteiger partial charge in [0.2, 0.25) is 5.91 Å². The largest absolute Gasteiger partial charge is 0.460 e. The molecule has 1 amide bonds. The summed E-state index contributed by atoms with van der Waals surface area (Å²) in [6, 6.07) is 0. The molecule has 0 atom stereocenters. The number of thioether (sulfide) groups is 1. The lowest BCUT2D eigenvalue weighted by Gasteiger charge is -2.14. The summed E-state index contributed by atoms with van der Waals surface area (Å²) in [4.78, 5) is 25.4. The zero-order valence-electron chi connectivity index (χ0n) is 11.4. The summed E-state index contributed by atoms with van der Waals surface area (Å²) in [6.07, 6.45) is 2.16. The van der Waals surface area contributed by atoms with Crippen molar-refractivity contribution in [3.05, 3.63) is 22.4 Å². The van der Waals surface area contributed by atoms with Crippen LogP contribution in [0, 0.1) is 0 Å². The number of hydrogen-bond acceptors (Lipinski definition) is 5. The predicted octanol–water partition coefficient (Wildman–Crippen LogP) is 1.23. The van der Waals surface area contributed by atoms with Crippen LogP contribution in [0.1, 0.15) is 20.3 Å². The minimum Gasteiger partial charge on any atom is -0.460 e. The Morgan fingerprint density at radius 2 is 2.21 bits per heavy atom. The Hall–Kier alpha value is -1.43. The molecule has 1 saturated heterocycles. The number of nitrogens with zero attached hydrogens (tertiary/aromatic N) is 1. The van der Waals surface area contributed by atoms with Crippen molar-refractivity contribution in [3.63, 3.8) is 0 Å². The first-order chi connectivity index (χ1) is 9.02. The van der Waals surface area contributed by atoms with Crippen LogP contribution in [0.5, 0.6) is 0 Å². The fraction of sp³-hybridized carbons (Fsp3) is 0.538. The number of rotatable bonds is 3. The molecule has 5 nitrogen and oxygen atoms in total. The Morgan fingerprint density at radius 1 is 1.47 bits per heavy atom. The quantitative estimate of drug-likeness (QED) is 0.623. The SMILES string of the molecule is CNC(=O)C=C1CSC2=C(C(=O)OC(C)C)CCN12. The minimum absolute atomic E-state index is 0.109. The molecule has 0 aromatic rings. The van der Waals surface area contributed by atoms with Crippen molar-refractivity contribution in [3.8, 4) is 0 Å². The highest BCUT2D eigenvalue weighted by Crippen LogP contribution is 2.42. The molecule has 1 N–H and O–H groups in total. The van der Waals surface area contributed by atoms with E-state index in [0.29, 0.717) is 6.42 Å². The first-order valence-corrected chi connectivity index (χ1v) is 7.28. The summed E-state index contributed by atoms with van der Waals surface area (Å²) >= 11 is 1.59. The Labute approximate surface area is 117 Å². The van der Waals surface area contributed by atoms with E-state index in [2.05, 4.69) is 5.32 Å². The molecule has 0 aromatic heterocycles. The van der Waals surface area contributed by atoms with Gasteiger partial charge in [-0.25, -0.2) is 4.79 Å². The third-order valence-corrected chi connectivity index (χ3v) is 4.11. The highest BCUT2D eigenvalue weighted by atomic mass is 32.2. The van der Waals surface area contributed by atoms with Crippen LogP contribution in [0.15, 0.2) is 22.4 Å². The van der Waals surface area contributed by atoms with Crippen molar-refractivity contribution in [2.75, 3.05) is 19.3 Å². The van der Waals surface area contributed by atoms with Crippen molar-refractivity contribution in [1.29, 1.82) is 0 Å². The summed E-state index contributed by atoms with van der Waals surface area (Å²) in [7, 11) is 1.60. The van der Waals surface area contributed by atoms with Crippen LogP contribution in [0.3, 0.4) is 0 Å². The van der Waals surface area contributed by atoms with E-state index in [-0.39, 0.29) is 18.0 Å². The second kappa shape index (κ2) is 5.69. The van der Waals surface area contributed by atoms with Crippen LogP contribution in [0.4, 0.5) is 0 Å². The third kappa shape index (κ3) is 2.94. The van der Waals surface area contributed by atoms with Gasteiger partial charge in [-0.1, -0.05) is 0 Å². The number of nitrogens with one attached hydrogen (secondary N) is 1. The lowest BCUT2D eigenvalue weighted by atomic mass is 10.2. The van der Waals surface area contributed by atoms with Crippen molar-refractivity contribution < 1.29 is 14.3 Å². The van der Waals surface area contributed by atoms with Gasteiger partial charge < -0.3 is 15.0 Å². The number of likely N-dealkylation sites (N-methyl/N-ethyl adjacent to an activating group) is 1. The Balaban J connectivity index is 2.16. The maximum atomic E-state index is 12.0. The molecule has 2 aliphatic heterocycles. The summed E-state index contributed by atoms with van der Waals surface area (Å²) < 4.78 is 5.24. The van der Waals surface area contributed by atoms with Crippen molar-refractivity contribution in [1.82, 2.24) is 10.2 Å². The molecule has 0 aliphatic carbocycles. The smallest absolute Gasteiger partial charge is 0.336 e. The van der Waals surface area contributed by atoms with Gasteiger partial charge in [0.1, 0.15) is 0 Å². The molecule has 0 unspecified atom stereocenters. The Kier molecular flexibility index (Phi) is 4.19. The predicted molar refractivity (Wildman–Crippen MR) is 74.2 cm³/mol. The van der Waals surface area contributed by atoms with E-state index in [0.717, 1.165) is 28.6 Å². The fourth-order valence-electron chi connectivity index (χ4n) is 2.07. The molecule has 0 radical (unpaired) electrons. The number of carbonyl (C=O) groups is 2. The van der Waals surface area contributed by atoms with Gasteiger partial charge >= 0.3 is 5.97 Å². The number of esters is 1. The fourth-order valence-corrected chi connectivity index (χ4v) is 3.32. The Bertz CT molecular complexity index is 469. The molecule has 1 fully saturated rings. The van der Waals surface area contributed by atoms with Crippen LogP contribution >= 0.6 is 11.8 Å². The number of fused-ring (bicyclic) bond motifs is 1. The standard InChI is InChI=1S/C13H18N2O3S/c1-8(2)18-13(17)10-4-5-15-9(6-11(16)14-3)7-19-12(10)15/h6,8H,4-5,7H2,1-3H3,(H,14,16). The molecule has 6 heteroatoms. The van der Waals surface area contributed by atoms with E-state index >= 15 is 0 Å². The number of hydrogen-bond donors (Lipinski definition) is 1. The molecule has 2 rings (SSSR count). The minimum atomic E-state index is -0.235. The topological polar surface area (TPSA) is 58.6 Å². The first kappa shape index (κ1) is 14.0. The van der Waals surface area contributed by atoms with E-state index in [9.17, 15) is 9.59 Å². The van der Waals surface area contributed by atoms with E-state index in [4.69, 9.17) is 4.74 Å². The van der Waals surface area contributed by atoms with Crippen LogP contribution in [-0.4, -0.2) is 42.2 Å². The van der Waals surface area contributed by atoms with Gasteiger partial charge in [0.05, 0.1) is 16.7 Å². The van der Waals surface area contributed by atoms with Crippen molar-refractivity contribution in [2.45, 2.75) is 26.4 Å². The molecule has 2 aliphatic rings. The van der Waals surface area contributed by atoms with Gasteiger partial charge in [0.25, 0.3) is 0 Å². The maximum Gasteiger partial charge on any atom is 0.336 e. The van der Waals surface area contributed by atoms with E-state index in [1.807, 2.05) is 18.7 Å². The second-order valence-corrected chi connectivity index (χ2v) is 5.64. The summed E-state index contributed by atoms with van der Waals surface area (Å²) in [6.45, 7) is 4.43. The van der Waals surface area contributed by atoms with Gasteiger partial charge in [-0.15, -0.1) is 11.8 Å². The molecule has 19 heavy (non-hydrogen) atoms. The van der Waals surface area contributed by atoms with Gasteiger partial charge in [-0.2, -0.15) is 0 Å². The van der Waals surface area contributed by atoms with Gasteiger partial charge in [-0.3, -0.25) is 4.79 Å². The number of carbonyl (C=O) groups excluding carboxylic acids is 2. The van der Waals surface area contributed by atoms with E-state index in [1.54, 1.807) is 24.9 Å². The molecule has 104 valence electrons. The molecule has 2 heterocycles. The molecule has 0 bridgehead atoms. The molecular formula is C13H18N2O3S. The average molecular weight is 282 g/mol. The summed E-state index contributed by atoms with van der Waals surface area (Å²) in [5.74, 6) is 0.373.